The van der Waals surface area contributed by atoms with Crippen molar-refractivity contribution in [3.63, 3.8) is 0 Å². The molecule has 2 N–H and O–H groups in total. The Hall–Kier alpha value is -4.21. The van der Waals surface area contributed by atoms with Crippen LogP contribution < -0.4 is 10.6 Å². The predicted octanol–water partition coefficient (Wildman–Crippen LogP) is 4.66. The van der Waals surface area contributed by atoms with E-state index in [4.69, 9.17) is 0 Å². The fraction of sp³-hybridized carbons (Fsp3) is 0.160. The number of alkyl halides is 3. The molecule has 0 unspecified atom stereocenters. The summed E-state index contributed by atoms with van der Waals surface area (Å²) in [5.74, 6) is -0.915. The minimum atomic E-state index is -4.43. The lowest BCUT2D eigenvalue weighted by molar-refractivity contribution is -0.137. The molecule has 0 saturated heterocycles. The SMILES string of the molecule is O=CNC(=O)N[C@@H](CN1Cc2ccc(F)cc2C1=O)c1ccc(-c2ccc(C(F)(F)F)cc2)cc1. The van der Waals surface area contributed by atoms with Crippen molar-refractivity contribution in [2.75, 3.05) is 6.54 Å². The van der Waals surface area contributed by atoms with Gasteiger partial charge in [-0.1, -0.05) is 42.5 Å². The molecule has 10 heteroatoms. The van der Waals surface area contributed by atoms with E-state index in [0.717, 1.165) is 18.2 Å². The summed E-state index contributed by atoms with van der Waals surface area (Å²) in [6.45, 7) is 0.270. The van der Waals surface area contributed by atoms with E-state index >= 15 is 0 Å². The second-order valence-corrected chi connectivity index (χ2v) is 7.97. The summed E-state index contributed by atoms with van der Waals surface area (Å²) >= 11 is 0. The Labute approximate surface area is 197 Å². The summed E-state index contributed by atoms with van der Waals surface area (Å²) in [6.07, 6.45) is -4.21. The summed E-state index contributed by atoms with van der Waals surface area (Å²) in [6, 6.07) is 13.9. The zero-order chi connectivity index (χ0) is 25.2. The molecule has 4 rings (SSSR count). The van der Waals surface area contributed by atoms with E-state index in [-0.39, 0.29) is 31.0 Å². The van der Waals surface area contributed by atoms with Gasteiger partial charge in [0.2, 0.25) is 6.41 Å². The van der Waals surface area contributed by atoms with Crippen LogP contribution in [0.1, 0.15) is 33.1 Å². The number of benzene rings is 3. The van der Waals surface area contributed by atoms with E-state index in [1.54, 1.807) is 24.3 Å². The van der Waals surface area contributed by atoms with Crippen LogP contribution in [-0.4, -0.2) is 29.8 Å². The number of carbonyl (C=O) groups is 3. The van der Waals surface area contributed by atoms with Crippen LogP contribution in [0.5, 0.6) is 0 Å². The number of imide groups is 1. The third kappa shape index (κ3) is 5.32. The van der Waals surface area contributed by atoms with Gasteiger partial charge in [-0.25, -0.2) is 9.18 Å². The first-order valence-electron chi connectivity index (χ1n) is 10.5. The third-order valence-corrected chi connectivity index (χ3v) is 5.71. The monoisotopic (exact) mass is 485 g/mol. The Morgan fingerprint density at radius 1 is 1.00 bits per heavy atom. The molecule has 0 aromatic heterocycles. The molecule has 0 spiro atoms. The van der Waals surface area contributed by atoms with Crippen molar-refractivity contribution >= 4 is 18.3 Å². The number of nitrogens with zero attached hydrogens (tertiary/aromatic N) is 1. The molecule has 0 aliphatic carbocycles. The number of fused-ring (bicyclic) bond motifs is 1. The van der Waals surface area contributed by atoms with Crippen molar-refractivity contribution in [1.29, 1.82) is 0 Å². The second kappa shape index (κ2) is 9.57. The van der Waals surface area contributed by atoms with Crippen molar-refractivity contribution in [1.82, 2.24) is 15.5 Å². The Morgan fingerprint density at radius 2 is 1.63 bits per heavy atom. The van der Waals surface area contributed by atoms with Crippen LogP contribution in [-0.2, 0) is 17.5 Å². The number of nitrogens with one attached hydrogen (secondary N) is 2. The van der Waals surface area contributed by atoms with Gasteiger partial charge >= 0.3 is 12.2 Å². The average Bonchev–Trinajstić information content (AvgIpc) is 3.13. The van der Waals surface area contributed by atoms with Gasteiger partial charge in [0.25, 0.3) is 5.91 Å². The largest absolute Gasteiger partial charge is 0.416 e. The lowest BCUT2D eigenvalue weighted by Gasteiger charge is -2.25. The van der Waals surface area contributed by atoms with E-state index in [1.807, 2.05) is 5.32 Å². The standard InChI is InChI=1S/C25H19F4N3O3/c26-20-10-7-18-12-32(23(34)21(18)11-20)13-22(31-24(35)30-14-33)17-3-1-15(2-4-17)16-5-8-19(9-6-16)25(27,28)29/h1-11,14,22H,12-13H2,(H2,30,31,33,35)/t22-/m0/s1. The molecule has 0 bridgehead atoms. The highest BCUT2D eigenvalue weighted by molar-refractivity contribution is 5.98. The Morgan fingerprint density at radius 3 is 2.23 bits per heavy atom. The van der Waals surface area contributed by atoms with E-state index < -0.39 is 29.6 Å². The molecule has 1 aliphatic heterocycles. The van der Waals surface area contributed by atoms with Gasteiger partial charge in [0, 0.05) is 18.7 Å². The topological polar surface area (TPSA) is 78.5 Å². The van der Waals surface area contributed by atoms with Crippen molar-refractivity contribution in [3.8, 4) is 11.1 Å². The van der Waals surface area contributed by atoms with Gasteiger partial charge in [-0.05, 0) is 46.5 Å². The first-order valence-corrected chi connectivity index (χ1v) is 10.5. The van der Waals surface area contributed by atoms with Crippen LogP contribution in [0.15, 0.2) is 66.7 Å². The van der Waals surface area contributed by atoms with Gasteiger partial charge in [0.1, 0.15) is 5.82 Å². The summed E-state index contributed by atoms with van der Waals surface area (Å²) in [5.41, 5.74) is 1.97. The highest BCUT2D eigenvalue weighted by Gasteiger charge is 2.31. The molecule has 3 aromatic carbocycles. The highest BCUT2D eigenvalue weighted by atomic mass is 19.4. The molecular weight excluding hydrogens is 466 g/mol. The molecule has 4 amide bonds. The summed E-state index contributed by atoms with van der Waals surface area (Å²) < 4.78 is 52.0. The van der Waals surface area contributed by atoms with E-state index in [1.165, 1.54) is 29.2 Å². The van der Waals surface area contributed by atoms with E-state index in [9.17, 15) is 31.9 Å². The first-order chi connectivity index (χ1) is 16.7. The second-order valence-electron chi connectivity index (χ2n) is 7.97. The molecule has 0 radical (unpaired) electrons. The molecule has 1 atom stereocenters. The summed E-state index contributed by atoms with van der Waals surface area (Å²) in [4.78, 5) is 36.9. The molecule has 1 heterocycles. The fourth-order valence-corrected chi connectivity index (χ4v) is 3.95. The van der Waals surface area contributed by atoms with E-state index in [2.05, 4.69) is 5.32 Å². The Balaban J connectivity index is 1.55. The van der Waals surface area contributed by atoms with Gasteiger partial charge in [-0.15, -0.1) is 0 Å². The molecule has 0 fully saturated rings. The van der Waals surface area contributed by atoms with Crippen LogP contribution in [0.4, 0.5) is 22.4 Å². The van der Waals surface area contributed by atoms with Gasteiger partial charge in [0.05, 0.1) is 11.6 Å². The lowest BCUT2D eigenvalue weighted by Crippen LogP contribution is -2.42. The number of halogens is 4. The zero-order valence-corrected chi connectivity index (χ0v) is 18.1. The summed E-state index contributed by atoms with van der Waals surface area (Å²) in [5, 5.41) is 4.61. The minimum absolute atomic E-state index is 0.0427. The number of rotatable bonds is 6. The maximum absolute atomic E-state index is 13.6. The predicted molar refractivity (Wildman–Crippen MR) is 118 cm³/mol. The van der Waals surface area contributed by atoms with Crippen LogP contribution >= 0.6 is 0 Å². The van der Waals surface area contributed by atoms with Crippen LogP contribution in [0.3, 0.4) is 0 Å². The smallest absolute Gasteiger partial charge is 0.332 e. The third-order valence-electron chi connectivity index (χ3n) is 5.71. The maximum atomic E-state index is 13.6. The molecule has 6 nitrogen and oxygen atoms in total. The minimum Gasteiger partial charge on any atom is -0.332 e. The van der Waals surface area contributed by atoms with Gasteiger partial charge in [-0.3, -0.25) is 14.9 Å². The van der Waals surface area contributed by atoms with Crippen molar-refractivity contribution in [2.45, 2.75) is 18.8 Å². The quantitative estimate of drug-likeness (QED) is 0.394. The van der Waals surface area contributed by atoms with E-state index in [0.29, 0.717) is 22.3 Å². The Bertz CT molecular complexity index is 1260. The summed E-state index contributed by atoms with van der Waals surface area (Å²) in [7, 11) is 0. The average molecular weight is 485 g/mol. The molecule has 35 heavy (non-hydrogen) atoms. The molecule has 1 aliphatic rings. The Kier molecular flexibility index (Phi) is 6.54. The maximum Gasteiger partial charge on any atom is 0.416 e. The molecular formula is C25H19F4N3O3. The van der Waals surface area contributed by atoms with Crippen LogP contribution in [0, 0.1) is 5.82 Å². The molecule has 3 aromatic rings. The van der Waals surface area contributed by atoms with Crippen molar-refractivity contribution in [2.24, 2.45) is 0 Å². The van der Waals surface area contributed by atoms with Crippen LogP contribution in [0.2, 0.25) is 0 Å². The number of hydrogen-bond acceptors (Lipinski definition) is 3. The number of urea groups is 1. The van der Waals surface area contributed by atoms with Crippen molar-refractivity contribution < 1.29 is 31.9 Å². The number of amides is 4. The lowest BCUT2D eigenvalue weighted by atomic mass is 9.99. The molecule has 180 valence electrons. The fourth-order valence-electron chi connectivity index (χ4n) is 3.95. The van der Waals surface area contributed by atoms with Gasteiger partial charge in [0.15, 0.2) is 0 Å². The highest BCUT2D eigenvalue weighted by Crippen LogP contribution is 2.32. The number of hydrogen-bond donors (Lipinski definition) is 2. The first kappa shape index (κ1) is 23.9. The zero-order valence-electron chi connectivity index (χ0n) is 18.1. The molecule has 0 saturated carbocycles. The normalized spacial score (nSPS) is 13.8. The van der Waals surface area contributed by atoms with Crippen molar-refractivity contribution in [3.05, 3.63) is 94.8 Å². The van der Waals surface area contributed by atoms with Gasteiger partial charge < -0.3 is 10.2 Å². The number of carbonyl (C=O) groups excluding carboxylic acids is 3. The van der Waals surface area contributed by atoms with Gasteiger partial charge in [-0.2, -0.15) is 13.2 Å². The van der Waals surface area contributed by atoms with Crippen LogP contribution in [0.25, 0.3) is 11.1 Å².